The van der Waals surface area contributed by atoms with Crippen LogP contribution in [-0.2, 0) is 0 Å². The number of halogens is 2. The lowest BCUT2D eigenvalue weighted by Crippen LogP contribution is -1.92. The van der Waals surface area contributed by atoms with E-state index in [0.717, 1.165) is 36.4 Å². The highest BCUT2D eigenvalue weighted by atomic mass is 35.5. The van der Waals surface area contributed by atoms with Crippen LogP contribution in [0.4, 0.5) is 45.9 Å². The lowest BCUT2D eigenvalue weighted by molar-refractivity contribution is -0.394. The molecule has 0 saturated carbocycles. The number of furan rings is 2. The molecular formula is C29H18Cl2N8O12. The summed E-state index contributed by atoms with van der Waals surface area (Å²) >= 11 is 9.53. The first-order chi connectivity index (χ1) is 24.4. The van der Waals surface area contributed by atoms with Crippen LogP contribution in [0.15, 0.2) is 114 Å². The smallest absolute Gasteiger partial charge is 0.303 e. The van der Waals surface area contributed by atoms with Gasteiger partial charge in [-0.2, -0.15) is 0 Å². The molecule has 0 amide bonds. The maximum Gasteiger partial charge on any atom is 0.303 e. The highest BCUT2D eigenvalue weighted by Gasteiger charge is 2.21. The van der Waals surface area contributed by atoms with Crippen molar-refractivity contribution in [2.24, 2.45) is 20.5 Å². The van der Waals surface area contributed by atoms with E-state index in [0.29, 0.717) is 21.5 Å². The van der Waals surface area contributed by atoms with Crippen molar-refractivity contribution < 1.29 is 38.7 Å². The van der Waals surface area contributed by atoms with E-state index in [9.17, 15) is 50.7 Å². The van der Waals surface area contributed by atoms with Gasteiger partial charge in [0.25, 0.3) is 23.3 Å². The quantitative estimate of drug-likeness (QED) is 0.0637. The van der Waals surface area contributed by atoms with E-state index in [4.69, 9.17) is 32.0 Å². The van der Waals surface area contributed by atoms with Crippen LogP contribution in [0.2, 0.25) is 0 Å². The van der Waals surface area contributed by atoms with E-state index in [1.165, 1.54) is 0 Å². The Morgan fingerprint density at radius 1 is 0.529 bits per heavy atom. The van der Waals surface area contributed by atoms with Crippen LogP contribution in [0.3, 0.4) is 0 Å². The van der Waals surface area contributed by atoms with Gasteiger partial charge in [-0.15, -0.1) is 43.7 Å². The number of benzene rings is 4. The number of alkyl halides is 2. The maximum atomic E-state index is 11.0. The van der Waals surface area contributed by atoms with Gasteiger partial charge in [-0.3, -0.25) is 40.5 Å². The van der Waals surface area contributed by atoms with Gasteiger partial charge < -0.3 is 19.0 Å². The van der Waals surface area contributed by atoms with Crippen LogP contribution < -0.4 is 0 Å². The van der Waals surface area contributed by atoms with Crippen molar-refractivity contribution in [3.63, 3.8) is 0 Å². The Kier molecular flexibility index (Phi) is 11.8. The maximum absolute atomic E-state index is 11.0. The number of nitrogens with zero attached hydrogens (tertiary/aromatic N) is 8. The van der Waals surface area contributed by atoms with Crippen molar-refractivity contribution in [1.29, 1.82) is 0 Å². The van der Waals surface area contributed by atoms with Crippen molar-refractivity contribution in [2.45, 2.75) is 0 Å². The summed E-state index contributed by atoms with van der Waals surface area (Å²) in [5, 5.41) is 79.8. The Labute approximate surface area is 292 Å². The summed E-state index contributed by atoms with van der Waals surface area (Å²) in [5.41, 5.74) is -2.33. The van der Waals surface area contributed by atoms with Gasteiger partial charge in [-0.05, 0) is 36.4 Å². The zero-order valence-corrected chi connectivity index (χ0v) is 26.6. The molecule has 0 aliphatic rings. The number of rotatable bonds is 8. The van der Waals surface area contributed by atoms with Gasteiger partial charge in [0.1, 0.15) is 0 Å². The lowest BCUT2D eigenvalue weighted by Gasteiger charge is -1.96. The molecule has 0 aliphatic carbocycles. The molecule has 20 nitrogen and oxygen atoms in total. The molecule has 260 valence electrons. The molecule has 0 saturated heterocycles. The average Bonchev–Trinajstić information content (AvgIpc) is 3.61. The first-order valence-corrected chi connectivity index (χ1v) is 14.6. The Balaban J connectivity index is 0.000000212. The minimum absolute atomic E-state index is 0.0317. The van der Waals surface area contributed by atoms with Gasteiger partial charge in [-0.1, -0.05) is 24.3 Å². The summed E-state index contributed by atoms with van der Waals surface area (Å²) in [4.78, 5) is 40.4. The van der Waals surface area contributed by atoms with Gasteiger partial charge in [0.2, 0.25) is 11.8 Å². The molecule has 0 unspecified atom stereocenters. The first-order valence-electron chi connectivity index (χ1n) is 13.6. The number of fused-ring (bicyclic) bond motifs is 2. The van der Waals surface area contributed by atoms with E-state index >= 15 is 0 Å². The number of hydrogen-bond acceptors (Lipinski definition) is 16. The summed E-state index contributed by atoms with van der Waals surface area (Å²) in [7, 11) is 0. The number of aromatic hydroxyl groups is 2. The van der Waals surface area contributed by atoms with Gasteiger partial charge in [0.15, 0.2) is 11.4 Å². The zero-order valence-electron chi connectivity index (χ0n) is 25.1. The second kappa shape index (κ2) is 16.4. The Hall–Kier alpha value is -7.06. The molecule has 0 fully saturated rings. The molecule has 2 heterocycles. The van der Waals surface area contributed by atoms with E-state index in [1.54, 1.807) is 48.5 Å². The number of azo groups is 2. The van der Waals surface area contributed by atoms with E-state index in [2.05, 4.69) is 20.5 Å². The topological polar surface area (TPSA) is 289 Å². The standard InChI is InChI=1S/2C14H8N4O6.CH2Cl2/c2*19-14-10-4-2-1-3-9(10)13(24-14)16-15-11-6-5-8(17(20)21)7-12(11)18(22)23;2-1-3/h2*1-7,19H;1H2. The van der Waals surface area contributed by atoms with Crippen LogP contribution in [0, 0.1) is 40.5 Å². The summed E-state index contributed by atoms with van der Waals surface area (Å²) in [6, 6.07) is 19.3. The molecule has 0 spiro atoms. The third-order valence-corrected chi connectivity index (χ3v) is 6.39. The molecule has 6 rings (SSSR count). The molecule has 0 radical (unpaired) electrons. The van der Waals surface area contributed by atoms with E-state index in [-0.39, 0.29) is 40.4 Å². The van der Waals surface area contributed by atoms with Crippen LogP contribution in [0.25, 0.3) is 21.5 Å². The van der Waals surface area contributed by atoms with Crippen molar-refractivity contribution in [3.05, 3.63) is 125 Å². The molecule has 0 bridgehead atoms. The summed E-state index contributed by atoms with van der Waals surface area (Å²) in [6.45, 7) is 0. The third-order valence-electron chi connectivity index (χ3n) is 6.39. The van der Waals surface area contributed by atoms with Crippen LogP contribution >= 0.6 is 23.2 Å². The number of nitro benzene ring substituents is 4. The fourth-order valence-corrected chi connectivity index (χ4v) is 4.17. The summed E-state index contributed by atoms with van der Waals surface area (Å²) in [6.07, 6.45) is 0. The fraction of sp³-hybridized carbons (Fsp3) is 0.0345. The van der Waals surface area contributed by atoms with Gasteiger partial charge in [0, 0.05) is 12.1 Å². The van der Waals surface area contributed by atoms with Crippen molar-refractivity contribution in [2.75, 3.05) is 5.34 Å². The fourth-order valence-electron chi connectivity index (χ4n) is 4.17. The molecule has 2 aromatic heterocycles. The third kappa shape index (κ3) is 8.70. The Bertz CT molecular complexity index is 2180. The highest BCUT2D eigenvalue weighted by molar-refractivity contribution is 6.40. The predicted molar refractivity (Wildman–Crippen MR) is 180 cm³/mol. The molecule has 6 aromatic rings. The van der Waals surface area contributed by atoms with Crippen molar-refractivity contribution in [1.82, 2.24) is 0 Å². The normalized spacial score (nSPS) is 10.9. The number of nitro groups is 4. The largest absolute Gasteiger partial charge is 0.480 e. The molecule has 4 aromatic carbocycles. The summed E-state index contributed by atoms with van der Waals surface area (Å²) < 4.78 is 10.1. The number of hydrogen-bond donors (Lipinski definition) is 2. The van der Waals surface area contributed by atoms with Crippen LogP contribution in [0.1, 0.15) is 0 Å². The minimum atomic E-state index is -0.793. The average molecular weight is 741 g/mol. The monoisotopic (exact) mass is 740 g/mol. The van der Waals surface area contributed by atoms with E-state index < -0.39 is 42.4 Å². The minimum Gasteiger partial charge on any atom is -0.480 e. The molecule has 22 heteroatoms. The van der Waals surface area contributed by atoms with E-state index in [1.807, 2.05) is 0 Å². The van der Waals surface area contributed by atoms with Crippen LogP contribution in [-0.4, -0.2) is 35.2 Å². The first kappa shape index (κ1) is 36.8. The molecular weight excluding hydrogens is 723 g/mol. The zero-order chi connectivity index (χ0) is 37.2. The Morgan fingerprint density at radius 3 is 1.18 bits per heavy atom. The van der Waals surface area contributed by atoms with Crippen LogP contribution in [0.5, 0.6) is 11.9 Å². The molecule has 0 atom stereocenters. The summed E-state index contributed by atoms with van der Waals surface area (Å²) in [5.74, 6) is -0.762. The Morgan fingerprint density at radius 2 is 0.863 bits per heavy atom. The lowest BCUT2D eigenvalue weighted by atomic mass is 10.2. The van der Waals surface area contributed by atoms with Gasteiger partial charge >= 0.3 is 11.4 Å². The predicted octanol–water partition coefficient (Wildman–Crippen LogP) is 10.2. The van der Waals surface area contributed by atoms with Crippen molar-refractivity contribution >= 4 is 90.6 Å². The molecule has 2 N–H and O–H groups in total. The second-order valence-electron chi connectivity index (χ2n) is 9.39. The highest BCUT2D eigenvalue weighted by Crippen LogP contribution is 2.40. The SMILES string of the molecule is ClCCl.O=[N+]([O-])c1ccc(N=Nc2oc(O)c3ccccc23)c([N+](=O)[O-])c1.O=[N+]([O-])c1ccc(N=Nc2oc(O)c3ccccc23)c([N+](=O)[O-])c1. The van der Waals surface area contributed by atoms with Gasteiger partial charge in [0.05, 0.1) is 58.7 Å². The molecule has 51 heavy (non-hydrogen) atoms. The number of non-ortho nitro benzene ring substituents is 2. The molecule has 0 aliphatic heterocycles. The second-order valence-corrected chi connectivity index (χ2v) is 10.2. The van der Waals surface area contributed by atoms with Crippen molar-refractivity contribution in [3.8, 4) is 11.9 Å². The van der Waals surface area contributed by atoms with Gasteiger partial charge in [-0.25, -0.2) is 0 Å².